The van der Waals surface area contributed by atoms with Crippen LogP contribution >= 0.6 is 0 Å². The Kier molecular flexibility index (Phi) is 10.9. The quantitative estimate of drug-likeness (QED) is 0.410. The van der Waals surface area contributed by atoms with Crippen LogP contribution in [0.2, 0.25) is 0 Å². The second kappa shape index (κ2) is 12.6. The van der Waals surface area contributed by atoms with Crippen LogP contribution in [0.5, 0.6) is 0 Å². The Morgan fingerprint density at radius 2 is 1.50 bits per heavy atom. The van der Waals surface area contributed by atoms with Gasteiger partial charge in [0.25, 0.3) is 0 Å². The van der Waals surface area contributed by atoms with Crippen molar-refractivity contribution in [2.75, 3.05) is 0 Å². The van der Waals surface area contributed by atoms with Gasteiger partial charge in [0, 0.05) is 17.5 Å². The second-order valence-electron chi connectivity index (χ2n) is 12.5. The fourth-order valence-corrected chi connectivity index (χ4v) is 4.18. The first-order chi connectivity index (χ1) is 17.2. The molecule has 0 spiro atoms. The maximum absolute atomic E-state index is 14.4. The Labute approximate surface area is 228 Å². The molecule has 0 aliphatic rings. The molecule has 0 saturated carbocycles. The maximum atomic E-state index is 14.4. The van der Waals surface area contributed by atoms with E-state index in [1.807, 2.05) is 73.6 Å². The minimum atomic E-state index is -1.14. The number of nitrogens with two attached hydrogens (primary N) is 1. The first-order valence-electron chi connectivity index (χ1n) is 13.2. The molecule has 0 fully saturated rings. The van der Waals surface area contributed by atoms with Gasteiger partial charge in [-0.1, -0.05) is 25.1 Å². The average molecular weight is 533 g/mol. The molecule has 38 heavy (non-hydrogen) atoms. The smallest absolute Gasteiger partial charge is 0.408 e. The van der Waals surface area contributed by atoms with E-state index in [1.54, 1.807) is 25.7 Å². The molecule has 0 heterocycles. The molecule has 0 aliphatic carbocycles. The van der Waals surface area contributed by atoms with Gasteiger partial charge in [-0.2, -0.15) is 0 Å². The van der Waals surface area contributed by atoms with Crippen LogP contribution in [-0.2, 0) is 19.1 Å². The van der Waals surface area contributed by atoms with Gasteiger partial charge in [0.1, 0.15) is 17.7 Å². The zero-order valence-corrected chi connectivity index (χ0v) is 25.1. The standard InChI is InChI=1S/C29H48N4O5/c1-12-29(10,11)33(25(36)20(16-17-21(30)34)31-26(37)38-28(7,8)9)23(24(35)32-27(4,5)6)22-18(2)14-13-15-19(22)3/h13-15,20,23H,12,16-17H2,1-11H3,(H2,30,34)(H,31,37)(H,32,35). The van der Waals surface area contributed by atoms with E-state index in [0.29, 0.717) is 6.42 Å². The molecule has 0 aromatic heterocycles. The Bertz CT molecular complexity index is 1000. The summed E-state index contributed by atoms with van der Waals surface area (Å²) in [4.78, 5) is 54.3. The molecule has 1 aromatic carbocycles. The van der Waals surface area contributed by atoms with E-state index in [9.17, 15) is 19.2 Å². The molecule has 4 amide bonds. The van der Waals surface area contributed by atoms with Gasteiger partial charge in [-0.05, 0) is 98.8 Å². The number of nitrogens with one attached hydrogen (secondary N) is 2. The number of hydrogen-bond donors (Lipinski definition) is 3. The van der Waals surface area contributed by atoms with Crippen LogP contribution in [0.25, 0.3) is 0 Å². The predicted molar refractivity (Wildman–Crippen MR) is 149 cm³/mol. The number of amides is 4. The van der Waals surface area contributed by atoms with Crippen LogP contribution in [0.15, 0.2) is 18.2 Å². The number of alkyl carbamates (subject to hydrolysis) is 1. The first-order valence-corrected chi connectivity index (χ1v) is 13.2. The molecule has 9 heteroatoms. The molecule has 214 valence electrons. The number of benzene rings is 1. The Hall–Kier alpha value is -3.10. The lowest BCUT2D eigenvalue weighted by Crippen LogP contribution is -2.60. The third-order valence-electron chi connectivity index (χ3n) is 6.24. The highest BCUT2D eigenvalue weighted by Crippen LogP contribution is 2.36. The van der Waals surface area contributed by atoms with Crippen molar-refractivity contribution in [2.45, 2.75) is 124 Å². The van der Waals surface area contributed by atoms with Crippen molar-refractivity contribution in [1.29, 1.82) is 0 Å². The van der Waals surface area contributed by atoms with E-state index < -0.39 is 46.7 Å². The molecular weight excluding hydrogens is 484 g/mol. The summed E-state index contributed by atoms with van der Waals surface area (Å²) in [6, 6.07) is 3.59. The number of nitrogens with zero attached hydrogens (tertiary/aromatic N) is 1. The highest BCUT2D eigenvalue weighted by Gasteiger charge is 2.44. The van der Waals surface area contributed by atoms with Gasteiger partial charge in [-0.15, -0.1) is 0 Å². The number of carbonyl (C=O) groups excluding carboxylic acids is 4. The van der Waals surface area contributed by atoms with Crippen LogP contribution in [0.3, 0.4) is 0 Å². The third-order valence-corrected chi connectivity index (χ3v) is 6.24. The van der Waals surface area contributed by atoms with Crippen molar-refractivity contribution in [3.63, 3.8) is 0 Å². The minimum Gasteiger partial charge on any atom is -0.444 e. The zero-order valence-electron chi connectivity index (χ0n) is 25.1. The van der Waals surface area contributed by atoms with E-state index in [0.717, 1.165) is 16.7 Å². The molecule has 0 aliphatic heterocycles. The summed E-state index contributed by atoms with van der Waals surface area (Å²) in [6.45, 7) is 20.3. The monoisotopic (exact) mass is 532 g/mol. The molecule has 1 rings (SSSR count). The zero-order chi connectivity index (χ0) is 29.6. The van der Waals surface area contributed by atoms with Gasteiger partial charge in [-0.3, -0.25) is 14.4 Å². The van der Waals surface area contributed by atoms with Crippen LogP contribution in [0.1, 0.15) is 104 Å². The van der Waals surface area contributed by atoms with Crippen molar-refractivity contribution in [2.24, 2.45) is 5.73 Å². The number of carbonyl (C=O) groups is 4. The molecule has 0 bridgehead atoms. The van der Waals surface area contributed by atoms with Crippen molar-refractivity contribution in [1.82, 2.24) is 15.5 Å². The molecule has 0 radical (unpaired) electrons. The lowest BCUT2D eigenvalue weighted by atomic mass is 9.87. The summed E-state index contributed by atoms with van der Waals surface area (Å²) < 4.78 is 5.40. The molecule has 9 nitrogen and oxygen atoms in total. The summed E-state index contributed by atoms with van der Waals surface area (Å²) >= 11 is 0. The number of rotatable bonds is 10. The summed E-state index contributed by atoms with van der Waals surface area (Å²) in [5, 5.41) is 5.68. The lowest BCUT2D eigenvalue weighted by molar-refractivity contribution is -0.150. The SMILES string of the molecule is CCC(C)(C)N(C(=O)C(CCC(N)=O)NC(=O)OC(C)(C)C)C(C(=O)NC(C)(C)C)c1c(C)cccc1C. The van der Waals surface area contributed by atoms with Crippen molar-refractivity contribution in [3.8, 4) is 0 Å². The fourth-order valence-electron chi connectivity index (χ4n) is 4.18. The van der Waals surface area contributed by atoms with E-state index in [-0.39, 0.29) is 18.7 Å². The van der Waals surface area contributed by atoms with E-state index in [4.69, 9.17) is 10.5 Å². The van der Waals surface area contributed by atoms with Crippen molar-refractivity contribution in [3.05, 3.63) is 34.9 Å². The molecule has 2 unspecified atom stereocenters. The van der Waals surface area contributed by atoms with Crippen molar-refractivity contribution >= 4 is 23.8 Å². The van der Waals surface area contributed by atoms with E-state index in [1.165, 1.54) is 0 Å². The second-order valence-corrected chi connectivity index (χ2v) is 12.5. The average Bonchev–Trinajstić information content (AvgIpc) is 2.72. The summed E-state index contributed by atoms with van der Waals surface area (Å²) in [5.74, 6) is -1.44. The molecular formula is C29H48N4O5. The van der Waals surface area contributed by atoms with Crippen LogP contribution in [0.4, 0.5) is 4.79 Å². The molecule has 2 atom stereocenters. The number of primary amides is 1. The molecule has 1 aromatic rings. The number of aryl methyl sites for hydroxylation is 2. The predicted octanol–water partition coefficient (Wildman–Crippen LogP) is 4.44. The lowest BCUT2D eigenvalue weighted by Gasteiger charge is -2.46. The van der Waals surface area contributed by atoms with Gasteiger partial charge >= 0.3 is 6.09 Å². The highest BCUT2D eigenvalue weighted by atomic mass is 16.6. The minimum absolute atomic E-state index is 0.0376. The first kappa shape index (κ1) is 32.9. The normalized spacial score (nSPS) is 13.8. The van der Waals surface area contributed by atoms with Crippen LogP contribution < -0.4 is 16.4 Å². The van der Waals surface area contributed by atoms with Gasteiger partial charge in [0.15, 0.2) is 0 Å². The summed E-state index contributed by atoms with van der Waals surface area (Å²) in [6.07, 6.45) is -0.436. The Morgan fingerprint density at radius 3 is 1.92 bits per heavy atom. The topological polar surface area (TPSA) is 131 Å². The van der Waals surface area contributed by atoms with Gasteiger partial charge < -0.3 is 26.0 Å². The van der Waals surface area contributed by atoms with Crippen molar-refractivity contribution < 1.29 is 23.9 Å². The van der Waals surface area contributed by atoms with Gasteiger partial charge in [0.2, 0.25) is 17.7 Å². The maximum Gasteiger partial charge on any atom is 0.408 e. The third kappa shape index (κ3) is 9.65. The summed E-state index contributed by atoms with van der Waals surface area (Å²) in [7, 11) is 0. The van der Waals surface area contributed by atoms with Crippen LogP contribution in [-0.4, -0.2) is 51.4 Å². The van der Waals surface area contributed by atoms with E-state index in [2.05, 4.69) is 10.6 Å². The Balaban J connectivity index is 3.80. The molecule has 4 N–H and O–H groups in total. The molecule has 0 saturated heterocycles. The Morgan fingerprint density at radius 1 is 0.974 bits per heavy atom. The van der Waals surface area contributed by atoms with Gasteiger partial charge in [0.05, 0.1) is 0 Å². The van der Waals surface area contributed by atoms with Gasteiger partial charge in [-0.25, -0.2) is 4.79 Å². The fraction of sp³-hybridized carbons (Fsp3) is 0.655. The summed E-state index contributed by atoms with van der Waals surface area (Å²) in [5.41, 5.74) is 5.68. The van der Waals surface area contributed by atoms with E-state index >= 15 is 0 Å². The largest absolute Gasteiger partial charge is 0.444 e. The highest BCUT2D eigenvalue weighted by molar-refractivity contribution is 5.93. The number of ether oxygens (including phenoxy) is 1. The van der Waals surface area contributed by atoms with Crippen LogP contribution in [0, 0.1) is 13.8 Å². The number of hydrogen-bond acceptors (Lipinski definition) is 5.